The van der Waals surface area contributed by atoms with Gasteiger partial charge in [-0.2, -0.15) is 0 Å². The standard InChI is InChI=1S/C14H16BrNO5/c1-20-13(18)7-10-8-16(4-5-21-10)14(19)11-6-9(15)2-3-12(11)17/h2-3,6,10,17H,4-5,7-8H2,1H3. The first-order chi connectivity index (χ1) is 10.0. The number of amides is 1. The van der Waals surface area contributed by atoms with E-state index in [0.717, 1.165) is 0 Å². The number of carbonyl (C=O) groups excluding carboxylic acids is 2. The molecule has 0 radical (unpaired) electrons. The number of nitrogens with zero attached hydrogens (tertiary/aromatic N) is 1. The maximum Gasteiger partial charge on any atom is 0.308 e. The van der Waals surface area contributed by atoms with Crippen LogP contribution >= 0.6 is 15.9 Å². The van der Waals surface area contributed by atoms with Crippen molar-refractivity contribution in [2.24, 2.45) is 0 Å². The van der Waals surface area contributed by atoms with Crippen molar-refractivity contribution in [3.8, 4) is 5.75 Å². The Morgan fingerprint density at radius 2 is 2.29 bits per heavy atom. The van der Waals surface area contributed by atoms with Crippen LogP contribution in [0.3, 0.4) is 0 Å². The molecule has 1 saturated heterocycles. The van der Waals surface area contributed by atoms with Gasteiger partial charge in [-0.05, 0) is 18.2 Å². The number of esters is 1. The van der Waals surface area contributed by atoms with E-state index >= 15 is 0 Å². The molecule has 0 bridgehead atoms. The van der Waals surface area contributed by atoms with E-state index in [2.05, 4.69) is 20.7 Å². The lowest BCUT2D eigenvalue weighted by molar-refractivity contribution is -0.145. The smallest absolute Gasteiger partial charge is 0.308 e. The first kappa shape index (κ1) is 15.8. The number of halogens is 1. The molecular weight excluding hydrogens is 342 g/mol. The van der Waals surface area contributed by atoms with E-state index in [9.17, 15) is 14.7 Å². The average molecular weight is 358 g/mol. The lowest BCUT2D eigenvalue weighted by Gasteiger charge is -2.32. The zero-order valence-electron chi connectivity index (χ0n) is 11.5. The van der Waals surface area contributed by atoms with Gasteiger partial charge in [0.15, 0.2) is 0 Å². The quantitative estimate of drug-likeness (QED) is 0.830. The first-order valence-corrected chi connectivity index (χ1v) is 7.26. The molecule has 1 aromatic rings. The Labute approximate surface area is 130 Å². The second kappa shape index (κ2) is 6.91. The molecule has 1 aromatic carbocycles. The molecule has 1 unspecified atom stereocenters. The van der Waals surface area contributed by atoms with E-state index in [1.54, 1.807) is 17.0 Å². The Kier molecular flexibility index (Phi) is 5.19. The van der Waals surface area contributed by atoms with E-state index in [-0.39, 0.29) is 35.7 Å². The number of ether oxygens (including phenoxy) is 2. The van der Waals surface area contributed by atoms with Crippen molar-refractivity contribution in [1.29, 1.82) is 0 Å². The molecule has 1 amide bonds. The molecule has 1 atom stereocenters. The number of morpholine rings is 1. The highest BCUT2D eigenvalue weighted by molar-refractivity contribution is 9.10. The van der Waals surface area contributed by atoms with Crippen LogP contribution in [0.1, 0.15) is 16.8 Å². The molecule has 1 heterocycles. The zero-order valence-corrected chi connectivity index (χ0v) is 13.1. The molecule has 0 spiro atoms. The van der Waals surface area contributed by atoms with Crippen LogP contribution in [0.5, 0.6) is 5.75 Å². The van der Waals surface area contributed by atoms with Crippen molar-refractivity contribution in [3.63, 3.8) is 0 Å². The molecule has 6 nitrogen and oxygen atoms in total. The third-order valence-corrected chi connectivity index (χ3v) is 3.73. The van der Waals surface area contributed by atoms with Crippen molar-refractivity contribution in [2.45, 2.75) is 12.5 Å². The summed E-state index contributed by atoms with van der Waals surface area (Å²) in [6, 6.07) is 4.69. The van der Waals surface area contributed by atoms with Crippen LogP contribution in [0.4, 0.5) is 0 Å². The van der Waals surface area contributed by atoms with Crippen molar-refractivity contribution in [3.05, 3.63) is 28.2 Å². The predicted molar refractivity (Wildman–Crippen MR) is 78.1 cm³/mol. The number of benzene rings is 1. The normalized spacial score (nSPS) is 18.4. The van der Waals surface area contributed by atoms with Crippen LogP contribution in [0.15, 0.2) is 22.7 Å². The van der Waals surface area contributed by atoms with E-state index in [0.29, 0.717) is 24.2 Å². The Morgan fingerprint density at radius 1 is 1.52 bits per heavy atom. The fourth-order valence-corrected chi connectivity index (χ4v) is 2.51. The molecule has 1 aliphatic heterocycles. The van der Waals surface area contributed by atoms with Crippen molar-refractivity contribution in [1.82, 2.24) is 4.90 Å². The fraction of sp³-hybridized carbons (Fsp3) is 0.429. The number of hydrogen-bond donors (Lipinski definition) is 1. The monoisotopic (exact) mass is 357 g/mol. The summed E-state index contributed by atoms with van der Waals surface area (Å²) in [5.74, 6) is -0.731. The van der Waals surface area contributed by atoms with Crippen LogP contribution in [0, 0.1) is 0 Å². The number of phenols is 1. The largest absolute Gasteiger partial charge is 0.507 e. The van der Waals surface area contributed by atoms with Crippen LogP contribution in [-0.4, -0.2) is 54.8 Å². The van der Waals surface area contributed by atoms with Gasteiger partial charge in [-0.15, -0.1) is 0 Å². The highest BCUT2D eigenvalue weighted by Gasteiger charge is 2.28. The number of aromatic hydroxyl groups is 1. The maximum atomic E-state index is 12.4. The summed E-state index contributed by atoms with van der Waals surface area (Å²) in [6.45, 7) is 1.06. The van der Waals surface area contributed by atoms with Gasteiger partial charge in [-0.3, -0.25) is 9.59 Å². The summed E-state index contributed by atoms with van der Waals surface area (Å²) in [4.78, 5) is 25.3. The lowest BCUT2D eigenvalue weighted by atomic mass is 10.1. The SMILES string of the molecule is COC(=O)CC1CN(C(=O)c2cc(Br)ccc2O)CCO1. The number of rotatable bonds is 3. The molecule has 7 heteroatoms. The molecule has 1 N–H and O–H groups in total. The Morgan fingerprint density at radius 3 is 3.00 bits per heavy atom. The van der Waals surface area contributed by atoms with Gasteiger partial charge in [-0.1, -0.05) is 15.9 Å². The Hall–Kier alpha value is -1.60. The summed E-state index contributed by atoms with van der Waals surface area (Å²) in [5.41, 5.74) is 0.225. The maximum absolute atomic E-state index is 12.4. The van der Waals surface area contributed by atoms with Gasteiger partial charge in [0.1, 0.15) is 5.75 Å². The molecule has 21 heavy (non-hydrogen) atoms. The Balaban J connectivity index is 2.08. The van der Waals surface area contributed by atoms with Crippen LogP contribution < -0.4 is 0 Å². The zero-order chi connectivity index (χ0) is 15.4. The van der Waals surface area contributed by atoms with Crippen LogP contribution in [-0.2, 0) is 14.3 Å². The van der Waals surface area contributed by atoms with E-state index in [1.165, 1.54) is 13.2 Å². The van der Waals surface area contributed by atoms with Gasteiger partial charge in [0.05, 0.1) is 31.8 Å². The summed E-state index contributed by atoms with van der Waals surface area (Å²) < 4.78 is 10.8. The number of phenolic OH excluding ortho intramolecular Hbond substituents is 1. The highest BCUT2D eigenvalue weighted by atomic mass is 79.9. The van der Waals surface area contributed by atoms with E-state index in [1.807, 2.05) is 0 Å². The summed E-state index contributed by atoms with van der Waals surface area (Å²) in [7, 11) is 1.31. The molecule has 0 aromatic heterocycles. The summed E-state index contributed by atoms with van der Waals surface area (Å²) in [5, 5.41) is 9.81. The number of hydrogen-bond acceptors (Lipinski definition) is 5. The van der Waals surface area contributed by atoms with Crippen LogP contribution in [0.2, 0.25) is 0 Å². The minimum Gasteiger partial charge on any atom is -0.507 e. The third-order valence-electron chi connectivity index (χ3n) is 3.24. The predicted octanol–water partition coefficient (Wildman–Crippen LogP) is 1.56. The number of carbonyl (C=O) groups is 2. The fourth-order valence-electron chi connectivity index (χ4n) is 2.15. The van der Waals surface area contributed by atoms with Gasteiger partial charge in [0, 0.05) is 17.6 Å². The second-order valence-electron chi connectivity index (χ2n) is 4.69. The minimum atomic E-state index is -0.385. The van der Waals surface area contributed by atoms with Crippen molar-refractivity contribution in [2.75, 3.05) is 26.8 Å². The van der Waals surface area contributed by atoms with Crippen molar-refractivity contribution >= 4 is 27.8 Å². The Bertz CT molecular complexity index is 548. The number of methoxy groups -OCH3 is 1. The van der Waals surface area contributed by atoms with Crippen LogP contribution in [0.25, 0.3) is 0 Å². The average Bonchev–Trinajstić information content (AvgIpc) is 2.49. The van der Waals surface area contributed by atoms with Crippen molar-refractivity contribution < 1.29 is 24.2 Å². The highest BCUT2D eigenvalue weighted by Crippen LogP contribution is 2.24. The molecule has 114 valence electrons. The molecule has 2 rings (SSSR count). The third kappa shape index (κ3) is 3.95. The van der Waals surface area contributed by atoms with Gasteiger partial charge in [0.25, 0.3) is 5.91 Å². The molecule has 1 aliphatic rings. The van der Waals surface area contributed by atoms with Gasteiger partial charge < -0.3 is 19.5 Å². The van der Waals surface area contributed by atoms with Gasteiger partial charge >= 0.3 is 5.97 Å². The second-order valence-corrected chi connectivity index (χ2v) is 5.60. The molecule has 0 saturated carbocycles. The summed E-state index contributed by atoms with van der Waals surface area (Å²) in [6.07, 6.45) is -0.283. The van der Waals surface area contributed by atoms with E-state index < -0.39 is 0 Å². The lowest BCUT2D eigenvalue weighted by Crippen LogP contribution is -2.46. The van der Waals surface area contributed by atoms with E-state index in [4.69, 9.17) is 4.74 Å². The van der Waals surface area contributed by atoms with Gasteiger partial charge in [0.2, 0.25) is 0 Å². The summed E-state index contributed by atoms with van der Waals surface area (Å²) >= 11 is 3.27. The topological polar surface area (TPSA) is 76.1 Å². The molecular formula is C14H16BrNO5. The molecule has 0 aliphatic carbocycles. The first-order valence-electron chi connectivity index (χ1n) is 6.47. The van der Waals surface area contributed by atoms with Gasteiger partial charge in [-0.25, -0.2) is 0 Å². The molecule has 1 fully saturated rings. The minimum absolute atomic E-state index is 0.0702.